The molecule has 22 N–H and O–H groups in total. The number of phenols is 1. The number of carbonyl (C=O) groups excluding carboxylic acids is 13. The molecule has 31 nitrogen and oxygen atoms in total. The van der Waals surface area contributed by atoms with Gasteiger partial charge in [-0.1, -0.05) is 12.1 Å². The summed E-state index contributed by atoms with van der Waals surface area (Å²) in [4.78, 5) is 181. The number of thioether (sulfide) groups is 2. The third-order valence-electron chi connectivity index (χ3n) is 11.4. The van der Waals surface area contributed by atoms with E-state index in [-0.39, 0.29) is 50.2 Å². The van der Waals surface area contributed by atoms with Crippen LogP contribution in [-0.4, -0.2) is 196 Å². The Labute approximate surface area is 468 Å². The van der Waals surface area contributed by atoms with Crippen molar-refractivity contribution in [3.05, 3.63) is 29.8 Å². The molecule has 1 aromatic rings. The minimum absolute atomic E-state index is 0.0685. The van der Waals surface area contributed by atoms with E-state index in [1.807, 2.05) is 0 Å². The average molecular weight is 1170 g/mol. The predicted molar refractivity (Wildman–Crippen MR) is 289 cm³/mol. The summed E-state index contributed by atoms with van der Waals surface area (Å²) in [6, 6.07) is -10.3. The molecule has 12 amide bonds. The molecule has 10 atom stereocenters. The zero-order chi connectivity index (χ0) is 60.6. The molecule has 0 aliphatic heterocycles. The first-order chi connectivity index (χ1) is 37.7. The number of carbonyl (C=O) groups is 14. The van der Waals surface area contributed by atoms with E-state index in [9.17, 15) is 82.4 Å². The summed E-state index contributed by atoms with van der Waals surface area (Å²) in [5.74, 6) is -14.1. The van der Waals surface area contributed by atoms with Gasteiger partial charge in [0.15, 0.2) is 0 Å². The summed E-state index contributed by atoms with van der Waals surface area (Å²) in [5, 5.41) is 49.8. The van der Waals surface area contributed by atoms with Crippen LogP contribution in [0.3, 0.4) is 0 Å². The number of carboxylic acid groups (broad SMARTS) is 1. The lowest BCUT2D eigenvalue weighted by molar-refractivity contribution is -0.142. The topological polar surface area (TPSA) is 538 Å². The van der Waals surface area contributed by atoms with Crippen molar-refractivity contribution in [2.45, 2.75) is 132 Å². The molecule has 0 radical (unpaired) electrons. The van der Waals surface area contributed by atoms with Crippen molar-refractivity contribution in [2.24, 2.45) is 28.7 Å². The molecular formula is C47H74N14O17S2. The molecule has 0 aromatic heterocycles. The molecule has 0 spiro atoms. The first-order valence-electron chi connectivity index (χ1n) is 24.8. The number of aliphatic hydroxyl groups is 1. The van der Waals surface area contributed by atoms with E-state index >= 15 is 0 Å². The van der Waals surface area contributed by atoms with Gasteiger partial charge in [-0.15, -0.1) is 0 Å². The summed E-state index contributed by atoms with van der Waals surface area (Å²) in [6.45, 7) is 0.134. The van der Waals surface area contributed by atoms with Crippen LogP contribution in [0.5, 0.6) is 5.75 Å². The van der Waals surface area contributed by atoms with E-state index in [2.05, 4.69) is 47.9 Å². The molecular weight excluding hydrogens is 1100 g/mol. The lowest BCUT2D eigenvalue weighted by Crippen LogP contribution is -2.61. The lowest BCUT2D eigenvalue weighted by Gasteiger charge is -2.27. The van der Waals surface area contributed by atoms with Crippen LogP contribution in [-0.2, 0) is 73.5 Å². The van der Waals surface area contributed by atoms with Gasteiger partial charge < -0.3 is 96.6 Å². The number of aldehydes is 1. The number of hydrogen-bond donors (Lipinski definition) is 17. The monoisotopic (exact) mass is 1170 g/mol. The normalized spacial score (nSPS) is 14.6. The first-order valence-corrected chi connectivity index (χ1v) is 27.6. The Morgan fingerprint density at radius 2 is 0.912 bits per heavy atom. The molecule has 1 rings (SSSR count). The fourth-order valence-corrected chi connectivity index (χ4v) is 8.03. The van der Waals surface area contributed by atoms with Crippen LogP contribution >= 0.6 is 23.5 Å². The van der Waals surface area contributed by atoms with E-state index in [4.69, 9.17) is 28.7 Å². The number of aliphatic hydroxyl groups excluding tert-OH is 1. The van der Waals surface area contributed by atoms with E-state index in [1.165, 1.54) is 47.8 Å². The number of unbranched alkanes of at least 4 members (excludes halogenated alkanes) is 1. The molecule has 0 aliphatic rings. The minimum atomic E-state index is -1.97. The quantitative estimate of drug-likeness (QED) is 0.0214. The smallest absolute Gasteiger partial charge is 0.305 e. The number of rotatable bonds is 40. The Balaban J connectivity index is 3.28. The van der Waals surface area contributed by atoms with Crippen molar-refractivity contribution < 1.29 is 82.4 Å². The maximum absolute atomic E-state index is 13.9. The van der Waals surface area contributed by atoms with Crippen LogP contribution < -0.4 is 76.5 Å². The largest absolute Gasteiger partial charge is 0.508 e. The maximum atomic E-state index is 13.9. The highest BCUT2D eigenvalue weighted by molar-refractivity contribution is 7.98. The van der Waals surface area contributed by atoms with Crippen LogP contribution in [0.1, 0.15) is 70.3 Å². The Morgan fingerprint density at radius 1 is 0.525 bits per heavy atom. The number of primary amides is 3. The number of phenolic OH excluding ortho intramolecular Hbond substituents is 1. The van der Waals surface area contributed by atoms with Crippen molar-refractivity contribution in [3.8, 4) is 5.75 Å². The van der Waals surface area contributed by atoms with Gasteiger partial charge in [0.2, 0.25) is 70.9 Å². The van der Waals surface area contributed by atoms with Crippen LogP contribution in [0.25, 0.3) is 0 Å². The highest BCUT2D eigenvalue weighted by Gasteiger charge is 2.36. The zero-order valence-electron chi connectivity index (χ0n) is 44.3. The second kappa shape index (κ2) is 37.3. The number of nitrogens with two attached hydrogens (primary N) is 5. The standard InChI is InChI=1S/C47H74N14O17S2/c1-23(39(70)57-33(20-38(68)69)46(77)59-30(17-35(50)65)43(74)54-25(21-62)16-24-7-9-26(64)10-8-24)53-47(78)34(22-63)61-41(72)28(6-4-5-13-48)55-42(73)29(12-15-80-3)56-44(75)32(19-37(52)67)60-45(76)31(18-36(51)66)58-40(71)27(49)11-14-79-2/h7-10,21,23,25,27-34,63-64H,4-6,11-20,22,48-49H2,1-3H3,(H2,50,65)(H2,51,66)(H2,52,67)(H,53,78)(H,54,74)(H,55,73)(H,56,75)(H,57,70)(H,58,71)(H,59,77)(H,60,76)(H,61,72)(H,68,69)/t23-,25-,27-,28+,29-,30-,31+,32+,33+,34-/m1/s1. The van der Waals surface area contributed by atoms with Gasteiger partial charge in [0.05, 0.1) is 44.4 Å². The minimum Gasteiger partial charge on any atom is -0.508 e. The maximum Gasteiger partial charge on any atom is 0.305 e. The fourth-order valence-electron chi connectivity index (χ4n) is 7.07. The van der Waals surface area contributed by atoms with Gasteiger partial charge >= 0.3 is 5.97 Å². The van der Waals surface area contributed by atoms with Gasteiger partial charge in [-0.3, -0.25) is 62.3 Å². The SMILES string of the molecule is CSCC[C@@H](N)C(=O)N[C@@H](CC(N)=O)C(=O)N[C@@H](CC(N)=O)C(=O)N[C@H](CCSC)C(=O)N[C@@H](CCCCN)C(=O)N[C@H](CO)C(=O)N[C@H](C)C(=O)N[C@@H](CC(=O)O)C(=O)N[C@H](CC(N)=O)C(=O)N[C@@H](C=O)Cc1ccc(O)cc1. The number of hydrogen-bond acceptors (Lipinski definition) is 20. The van der Waals surface area contributed by atoms with E-state index < -0.39 is 170 Å². The third-order valence-corrected chi connectivity index (χ3v) is 12.7. The second-order valence-electron chi connectivity index (χ2n) is 18.0. The highest BCUT2D eigenvalue weighted by Crippen LogP contribution is 2.12. The number of aromatic hydroxyl groups is 1. The van der Waals surface area contributed by atoms with E-state index in [0.29, 0.717) is 24.0 Å². The van der Waals surface area contributed by atoms with Gasteiger partial charge in [0, 0.05) is 0 Å². The Hall–Kier alpha value is -7.62. The zero-order valence-corrected chi connectivity index (χ0v) is 46.0. The van der Waals surface area contributed by atoms with E-state index in [1.54, 1.807) is 12.5 Å². The summed E-state index contributed by atoms with van der Waals surface area (Å²) in [5.41, 5.74) is 28.0. The summed E-state index contributed by atoms with van der Waals surface area (Å²) >= 11 is 2.65. The predicted octanol–water partition coefficient (Wildman–Crippen LogP) is -7.43. The van der Waals surface area contributed by atoms with Crippen LogP contribution in [0.15, 0.2) is 24.3 Å². The molecule has 1 aromatic carbocycles. The Morgan fingerprint density at radius 3 is 1.35 bits per heavy atom. The molecule has 0 bridgehead atoms. The van der Waals surface area contributed by atoms with Crippen molar-refractivity contribution in [1.82, 2.24) is 47.9 Å². The fraction of sp³-hybridized carbons (Fsp3) is 0.574. The van der Waals surface area contributed by atoms with Crippen molar-refractivity contribution in [2.75, 3.05) is 37.2 Å². The number of nitrogens with one attached hydrogen (secondary N) is 9. The summed E-state index contributed by atoms with van der Waals surface area (Å²) < 4.78 is 0. The molecule has 0 fully saturated rings. The van der Waals surface area contributed by atoms with Gasteiger partial charge in [-0.2, -0.15) is 23.5 Å². The number of aliphatic carboxylic acids is 1. The van der Waals surface area contributed by atoms with Gasteiger partial charge in [0.1, 0.15) is 60.4 Å². The Bertz CT molecular complexity index is 2340. The molecule has 0 unspecified atom stereocenters. The molecule has 446 valence electrons. The molecule has 0 saturated carbocycles. The van der Waals surface area contributed by atoms with Crippen LogP contribution in [0.4, 0.5) is 0 Å². The van der Waals surface area contributed by atoms with Gasteiger partial charge in [-0.25, -0.2) is 0 Å². The van der Waals surface area contributed by atoms with Crippen molar-refractivity contribution >= 4 is 107 Å². The third kappa shape index (κ3) is 27.3. The molecule has 0 heterocycles. The highest BCUT2D eigenvalue weighted by atomic mass is 32.2. The summed E-state index contributed by atoms with van der Waals surface area (Å²) in [6.07, 6.45) is 0.731. The number of benzene rings is 1. The number of carboxylic acids is 1. The average Bonchev–Trinajstić information content (AvgIpc) is 3.38. The molecule has 33 heteroatoms. The molecule has 0 aliphatic carbocycles. The number of amides is 12. The second-order valence-corrected chi connectivity index (χ2v) is 20.0. The molecule has 80 heavy (non-hydrogen) atoms. The van der Waals surface area contributed by atoms with E-state index in [0.717, 1.165) is 6.92 Å². The van der Waals surface area contributed by atoms with Gasteiger partial charge in [0.25, 0.3) is 0 Å². The van der Waals surface area contributed by atoms with Crippen LogP contribution in [0, 0.1) is 0 Å². The Kier molecular flexibility index (Phi) is 32.8. The van der Waals surface area contributed by atoms with Crippen molar-refractivity contribution in [1.29, 1.82) is 0 Å². The van der Waals surface area contributed by atoms with Crippen molar-refractivity contribution in [3.63, 3.8) is 0 Å². The lowest BCUT2D eigenvalue weighted by atomic mass is 10.1. The van der Waals surface area contributed by atoms with Gasteiger partial charge in [-0.05, 0) is 93.7 Å². The molecule has 0 saturated heterocycles. The van der Waals surface area contributed by atoms with Crippen LogP contribution in [0.2, 0.25) is 0 Å². The first kappa shape index (κ1) is 70.4. The summed E-state index contributed by atoms with van der Waals surface area (Å²) in [7, 11) is 0.